The van der Waals surface area contributed by atoms with Gasteiger partial charge in [-0.3, -0.25) is 0 Å². The van der Waals surface area contributed by atoms with E-state index in [1.54, 1.807) is 0 Å². The standard InChI is InChI=1S/C10H15.3C3H6O.2CHF3O3S.Ir/c1-6-7(2)9(4)10(5)8(6)3;3*1-3(2)4;2*2-1(3,4)8(5,6)7;/h1-5H3;3*1-2H3;2*(H,5,6,7);/q;;;;;;+3/p-2. The Morgan fingerprint density at radius 3 is 0.564 bits per heavy atom. The minimum atomic E-state index is -6.09. The smallest absolute Gasteiger partial charge is 0.741 e. The van der Waals surface area contributed by atoms with Crippen molar-refractivity contribution < 1.29 is 86.8 Å². The maximum absolute atomic E-state index is 10.7. The molecule has 0 aromatic carbocycles. The van der Waals surface area contributed by atoms with Crippen molar-refractivity contribution in [2.45, 2.75) is 87.2 Å². The monoisotopic (exact) mass is 800 g/mol. The number of halogens is 6. The average Bonchev–Trinajstić information content (AvgIpc) is 2.76. The molecule has 0 aromatic rings. The van der Waals surface area contributed by atoms with Gasteiger partial charge in [-0.25, -0.2) is 16.8 Å². The van der Waals surface area contributed by atoms with Crippen LogP contribution in [0.1, 0.15) is 76.2 Å². The average molecular weight is 800 g/mol. The van der Waals surface area contributed by atoms with Gasteiger partial charge in [0.2, 0.25) is 0 Å². The summed E-state index contributed by atoms with van der Waals surface area (Å²) in [6.45, 7) is 20.2. The Bertz CT molecular complexity index is 792. The first-order valence-electron chi connectivity index (χ1n) is 9.90. The second kappa shape index (κ2) is 21.8. The van der Waals surface area contributed by atoms with Crippen LogP contribution < -0.4 is 0 Å². The van der Waals surface area contributed by atoms with Gasteiger partial charge in [0, 0.05) is 0 Å². The Hall–Kier alpha value is -0.941. The first kappa shape index (κ1) is 50.9. The maximum Gasteiger partial charge on any atom is 3.00 e. The number of alkyl halides is 6. The number of rotatable bonds is 0. The molecule has 1 saturated carbocycles. The molecule has 1 fully saturated rings. The van der Waals surface area contributed by atoms with E-state index in [0.717, 1.165) is 0 Å². The van der Waals surface area contributed by atoms with E-state index in [-0.39, 0.29) is 37.5 Å². The first-order chi connectivity index (χ1) is 16.2. The van der Waals surface area contributed by atoms with Crippen molar-refractivity contribution in [3.8, 4) is 0 Å². The van der Waals surface area contributed by atoms with Crippen LogP contribution in [0.15, 0.2) is 0 Å². The molecule has 0 aromatic heterocycles. The van der Waals surface area contributed by atoms with Crippen LogP contribution in [-0.4, -0.2) is 54.3 Å². The normalized spacial score (nSPS) is 15.1. The molecule has 18 heteroatoms. The van der Waals surface area contributed by atoms with Gasteiger partial charge in [0.25, 0.3) is 0 Å². The molecule has 0 amide bonds. The van der Waals surface area contributed by atoms with Crippen LogP contribution in [0.2, 0.25) is 0 Å². The molecule has 0 atom stereocenters. The van der Waals surface area contributed by atoms with Crippen LogP contribution in [0.25, 0.3) is 0 Å². The molecule has 0 bridgehead atoms. The van der Waals surface area contributed by atoms with Gasteiger partial charge in [0.1, 0.15) is 17.3 Å². The zero-order valence-corrected chi connectivity index (χ0v) is 27.1. The summed E-state index contributed by atoms with van der Waals surface area (Å²) in [6.07, 6.45) is 0. The summed E-state index contributed by atoms with van der Waals surface area (Å²) in [4.78, 5) is 28.3. The molecule has 9 nitrogen and oxygen atoms in total. The summed E-state index contributed by atoms with van der Waals surface area (Å²) in [5.41, 5.74) is -11.3. The van der Waals surface area contributed by atoms with Gasteiger partial charge < -0.3 is 23.5 Å². The molecule has 233 valence electrons. The van der Waals surface area contributed by atoms with Crippen molar-refractivity contribution in [1.82, 2.24) is 0 Å². The van der Waals surface area contributed by atoms with Gasteiger partial charge in [-0.05, 0) is 71.1 Å². The van der Waals surface area contributed by atoms with E-state index >= 15 is 0 Å². The van der Waals surface area contributed by atoms with E-state index in [1.165, 1.54) is 71.1 Å². The number of ketones is 3. The van der Waals surface area contributed by atoms with Crippen LogP contribution >= 0.6 is 0 Å². The number of carbonyl (C=O) groups excluding carboxylic acids is 3. The van der Waals surface area contributed by atoms with E-state index in [0.29, 0.717) is 0 Å². The molecule has 1 aliphatic rings. The van der Waals surface area contributed by atoms with Crippen LogP contribution in [-0.2, 0) is 54.7 Å². The van der Waals surface area contributed by atoms with Crippen molar-refractivity contribution in [3.63, 3.8) is 0 Å². The summed E-state index contributed by atoms with van der Waals surface area (Å²) in [7, 11) is -12.2. The molecule has 39 heavy (non-hydrogen) atoms. The number of Topliss-reactive ketones (excluding diaryl/α,β-unsaturated/α-hetero) is 3. The van der Waals surface area contributed by atoms with Crippen LogP contribution in [0.4, 0.5) is 26.3 Å². The summed E-state index contributed by atoms with van der Waals surface area (Å²) in [5, 5.41) is 0. The van der Waals surface area contributed by atoms with Crippen molar-refractivity contribution >= 4 is 37.6 Å². The topological polar surface area (TPSA) is 166 Å². The Balaban J connectivity index is -0.0000000869. The summed E-state index contributed by atoms with van der Waals surface area (Å²) < 4.78 is 118. The third-order valence-electron chi connectivity index (χ3n) is 3.38. The Morgan fingerprint density at radius 2 is 0.538 bits per heavy atom. The van der Waals surface area contributed by atoms with Crippen molar-refractivity contribution in [1.29, 1.82) is 0 Å². The fourth-order valence-corrected chi connectivity index (χ4v) is 1.41. The molecule has 0 saturated heterocycles. The molecule has 1 aliphatic carbocycles. The largest absolute Gasteiger partial charge is 3.00 e. The molecule has 5 radical (unpaired) electrons. The van der Waals surface area contributed by atoms with Gasteiger partial charge in [0.15, 0.2) is 20.2 Å². The zero-order valence-electron chi connectivity index (χ0n) is 23.1. The Morgan fingerprint density at radius 1 is 0.487 bits per heavy atom. The Labute approximate surface area is 240 Å². The first-order valence-corrected chi connectivity index (χ1v) is 12.7. The van der Waals surface area contributed by atoms with Crippen molar-refractivity contribution in [2.75, 3.05) is 0 Å². The van der Waals surface area contributed by atoms with Gasteiger partial charge in [-0.1, -0.05) is 34.6 Å². The molecule has 0 spiro atoms. The minimum Gasteiger partial charge on any atom is -0.741 e. The van der Waals surface area contributed by atoms with Crippen LogP contribution in [0.5, 0.6) is 0 Å². The Kier molecular flexibility index (Phi) is 28.4. The fraction of sp³-hybridized carbons (Fsp3) is 0.619. The molecule has 1 rings (SSSR count). The predicted octanol–water partition coefficient (Wildman–Crippen LogP) is 4.86. The zero-order chi connectivity index (χ0) is 32.6. The third kappa shape index (κ3) is 33.2. The fourth-order valence-electron chi connectivity index (χ4n) is 1.41. The van der Waals surface area contributed by atoms with E-state index < -0.39 is 31.3 Å². The number of carbonyl (C=O) groups is 3. The molecular weight excluding hydrogens is 767 g/mol. The van der Waals surface area contributed by atoms with Gasteiger partial charge >= 0.3 is 31.1 Å². The van der Waals surface area contributed by atoms with Gasteiger partial charge in [-0.2, -0.15) is 26.3 Å². The van der Waals surface area contributed by atoms with Gasteiger partial charge in [-0.15, -0.1) is 0 Å². The molecular formula is C21H33F6IrO9S2+. The summed E-state index contributed by atoms with van der Waals surface area (Å²) in [6, 6.07) is 0. The van der Waals surface area contributed by atoms with E-state index in [4.69, 9.17) is 25.9 Å². The van der Waals surface area contributed by atoms with Crippen LogP contribution in [0.3, 0.4) is 0 Å². The van der Waals surface area contributed by atoms with Crippen LogP contribution in [0, 0.1) is 29.6 Å². The SMILES string of the molecule is CC(C)=O.CC(C)=O.CC(C)=O.C[C]1[C](C)[C](C)[C](C)[C]1C.O=S(=O)([O-])C(F)(F)F.O=S(=O)([O-])C(F)(F)F.[Ir+3]. The summed E-state index contributed by atoms with van der Waals surface area (Å²) >= 11 is 0. The molecule has 0 unspecified atom stereocenters. The third-order valence-corrected chi connectivity index (χ3v) is 4.51. The molecule has 0 aliphatic heterocycles. The second-order valence-electron chi connectivity index (χ2n) is 7.65. The van der Waals surface area contributed by atoms with E-state index in [2.05, 4.69) is 34.6 Å². The maximum atomic E-state index is 10.7. The van der Waals surface area contributed by atoms with E-state index in [1.807, 2.05) is 0 Å². The van der Waals surface area contributed by atoms with Gasteiger partial charge in [0.05, 0.1) is 0 Å². The second-order valence-corrected chi connectivity index (χ2v) is 10.4. The number of hydrogen-bond donors (Lipinski definition) is 0. The molecule has 0 N–H and O–H groups in total. The quantitative estimate of drug-likeness (QED) is 0.189. The molecule has 0 heterocycles. The van der Waals surface area contributed by atoms with E-state index in [9.17, 15) is 40.7 Å². The predicted molar refractivity (Wildman–Crippen MR) is 125 cm³/mol. The van der Waals surface area contributed by atoms with Crippen molar-refractivity contribution in [2.24, 2.45) is 0 Å². The van der Waals surface area contributed by atoms with Crippen molar-refractivity contribution in [3.05, 3.63) is 29.6 Å². The minimum absolute atomic E-state index is 0. The number of hydrogen-bond acceptors (Lipinski definition) is 9. The summed E-state index contributed by atoms with van der Waals surface area (Å²) in [5.74, 6) is 7.84.